The first-order valence-corrected chi connectivity index (χ1v) is 9.22. The average molecular weight is 368 g/mol. The summed E-state index contributed by atoms with van der Waals surface area (Å²) in [5.41, 5.74) is 3.60. The number of hydrogen-bond donors (Lipinski definition) is 1. The second kappa shape index (κ2) is 8.35. The Bertz CT molecular complexity index is 1090. The molecule has 0 aliphatic heterocycles. The van der Waals surface area contributed by atoms with Crippen LogP contribution in [0.1, 0.15) is 6.42 Å². The molecule has 1 aromatic heterocycles. The Morgan fingerprint density at radius 3 is 2.54 bits per heavy atom. The third kappa shape index (κ3) is 4.01. The minimum atomic E-state index is -0.102. The van der Waals surface area contributed by atoms with E-state index in [2.05, 4.69) is 10.3 Å². The number of benzene rings is 3. The molecule has 0 saturated heterocycles. The molecule has 0 fully saturated rings. The molecular formula is C24H20N2O2. The summed E-state index contributed by atoms with van der Waals surface area (Å²) in [4.78, 5) is 16.7. The van der Waals surface area contributed by atoms with Crippen LogP contribution in [-0.4, -0.2) is 17.5 Å². The van der Waals surface area contributed by atoms with E-state index < -0.39 is 0 Å². The van der Waals surface area contributed by atoms with E-state index in [0.717, 1.165) is 27.8 Å². The third-order valence-electron chi connectivity index (χ3n) is 4.47. The Morgan fingerprint density at radius 2 is 1.64 bits per heavy atom. The predicted octanol–water partition coefficient (Wildman–Crippen LogP) is 5.31. The molecule has 0 spiro atoms. The van der Waals surface area contributed by atoms with Gasteiger partial charge in [0.2, 0.25) is 5.91 Å². The van der Waals surface area contributed by atoms with Crippen molar-refractivity contribution in [1.29, 1.82) is 0 Å². The number of amides is 1. The van der Waals surface area contributed by atoms with Gasteiger partial charge in [0.15, 0.2) is 0 Å². The summed E-state index contributed by atoms with van der Waals surface area (Å²) in [6.07, 6.45) is 1.98. The zero-order valence-electron chi connectivity index (χ0n) is 15.3. The van der Waals surface area contributed by atoms with Crippen LogP contribution < -0.4 is 10.1 Å². The number of nitrogens with one attached hydrogen (secondary N) is 1. The van der Waals surface area contributed by atoms with Crippen LogP contribution in [0.15, 0.2) is 91.1 Å². The molecule has 138 valence electrons. The normalized spacial score (nSPS) is 10.6. The number of ether oxygens (including phenoxy) is 1. The van der Waals surface area contributed by atoms with Crippen LogP contribution in [0.3, 0.4) is 0 Å². The summed E-state index contributed by atoms with van der Waals surface area (Å²) >= 11 is 0. The summed E-state index contributed by atoms with van der Waals surface area (Å²) in [7, 11) is 0. The number of rotatable bonds is 6. The molecule has 4 nitrogen and oxygen atoms in total. The van der Waals surface area contributed by atoms with E-state index in [-0.39, 0.29) is 12.3 Å². The SMILES string of the molecule is O=C(CCOc1ccccc1-c1ccccc1)Nc1cccc2cccnc12. The summed E-state index contributed by atoms with van der Waals surface area (Å²) in [6.45, 7) is 0.299. The minimum Gasteiger partial charge on any atom is -0.492 e. The number of para-hydroxylation sites is 2. The average Bonchev–Trinajstić information content (AvgIpc) is 2.75. The maximum atomic E-state index is 12.4. The van der Waals surface area contributed by atoms with Crippen LogP contribution in [0.2, 0.25) is 0 Å². The minimum absolute atomic E-state index is 0.102. The largest absolute Gasteiger partial charge is 0.492 e. The van der Waals surface area contributed by atoms with Gasteiger partial charge in [-0.05, 0) is 23.8 Å². The lowest BCUT2D eigenvalue weighted by Gasteiger charge is -2.12. The number of pyridine rings is 1. The Hall–Kier alpha value is -3.66. The van der Waals surface area contributed by atoms with Crippen LogP contribution in [0, 0.1) is 0 Å². The molecule has 0 saturated carbocycles. The van der Waals surface area contributed by atoms with Crippen molar-refractivity contribution in [2.24, 2.45) is 0 Å². The lowest BCUT2D eigenvalue weighted by molar-refractivity contribution is -0.116. The van der Waals surface area contributed by atoms with E-state index in [4.69, 9.17) is 4.74 Å². The molecule has 0 aliphatic rings. The molecule has 0 unspecified atom stereocenters. The first-order chi connectivity index (χ1) is 13.8. The van der Waals surface area contributed by atoms with Crippen molar-refractivity contribution in [2.45, 2.75) is 6.42 Å². The smallest absolute Gasteiger partial charge is 0.227 e. The summed E-state index contributed by atoms with van der Waals surface area (Å²) in [6, 6.07) is 27.5. The number of nitrogens with zero attached hydrogens (tertiary/aromatic N) is 1. The number of fused-ring (bicyclic) bond motifs is 1. The number of hydrogen-bond acceptors (Lipinski definition) is 3. The maximum Gasteiger partial charge on any atom is 0.227 e. The van der Waals surface area contributed by atoms with Gasteiger partial charge in [-0.2, -0.15) is 0 Å². The molecule has 0 atom stereocenters. The molecule has 28 heavy (non-hydrogen) atoms. The molecule has 4 heteroatoms. The van der Waals surface area contributed by atoms with Crippen molar-refractivity contribution >= 4 is 22.5 Å². The summed E-state index contributed by atoms with van der Waals surface area (Å²) in [5.74, 6) is 0.670. The van der Waals surface area contributed by atoms with Crippen molar-refractivity contribution < 1.29 is 9.53 Å². The monoisotopic (exact) mass is 368 g/mol. The Balaban J connectivity index is 1.40. The number of carbonyl (C=O) groups excluding carboxylic acids is 1. The van der Waals surface area contributed by atoms with Gasteiger partial charge in [-0.3, -0.25) is 9.78 Å². The van der Waals surface area contributed by atoms with E-state index in [0.29, 0.717) is 12.3 Å². The van der Waals surface area contributed by atoms with E-state index >= 15 is 0 Å². The summed E-state index contributed by atoms with van der Waals surface area (Å²) in [5, 5.41) is 3.93. The molecule has 0 radical (unpaired) electrons. The highest BCUT2D eigenvalue weighted by atomic mass is 16.5. The van der Waals surface area contributed by atoms with Crippen molar-refractivity contribution in [2.75, 3.05) is 11.9 Å². The molecular weight excluding hydrogens is 348 g/mol. The molecule has 0 aliphatic carbocycles. The van der Waals surface area contributed by atoms with Gasteiger partial charge < -0.3 is 10.1 Å². The highest BCUT2D eigenvalue weighted by molar-refractivity contribution is 6.00. The predicted molar refractivity (Wildman–Crippen MR) is 112 cm³/mol. The molecule has 3 aromatic carbocycles. The van der Waals surface area contributed by atoms with E-state index in [1.807, 2.05) is 84.9 Å². The van der Waals surface area contributed by atoms with Gasteiger partial charge in [-0.1, -0.05) is 66.7 Å². The maximum absolute atomic E-state index is 12.4. The van der Waals surface area contributed by atoms with Crippen LogP contribution in [0.4, 0.5) is 5.69 Å². The first kappa shape index (κ1) is 17.7. The van der Waals surface area contributed by atoms with Crippen molar-refractivity contribution in [3.05, 3.63) is 91.1 Å². The van der Waals surface area contributed by atoms with E-state index in [9.17, 15) is 4.79 Å². The fourth-order valence-corrected chi connectivity index (χ4v) is 3.12. The third-order valence-corrected chi connectivity index (χ3v) is 4.47. The Labute approximate surface area is 163 Å². The molecule has 4 rings (SSSR count). The zero-order chi connectivity index (χ0) is 19.2. The van der Waals surface area contributed by atoms with Crippen LogP contribution >= 0.6 is 0 Å². The number of carbonyl (C=O) groups is 1. The van der Waals surface area contributed by atoms with Crippen LogP contribution in [0.25, 0.3) is 22.0 Å². The Kier molecular flexibility index (Phi) is 5.29. The van der Waals surface area contributed by atoms with Gasteiger partial charge in [-0.15, -0.1) is 0 Å². The van der Waals surface area contributed by atoms with Gasteiger partial charge in [0.25, 0.3) is 0 Å². The van der Waals surface area contributed by atoms with Crippen molar-refractivity contribution in [1.82, 2.24) is 4.98 Å². The van der Waals surface area contributed by atoms with Crippen LogP contribution in [-0.2, 0) is 4.79 Å². The van der Waals surface area contributed by atoms with E-state index in [1.165, 1.54) is 0 Å². The van der Waals surface area contributed by atoms with Gasteiger partial charge in [0, 0.05) is 17.1 Å². The van der Waals surface area contributed by atoms with Crippen LogP contribution in [0.5, 0.6) is 5.75 Å². The van der Waals surface area contributed by atoms with Gasteiger partial charge >= 0.3 is 0 Å². The van der Waals surface area contributed by atoms with Gasteiger partial charge in [0.05, 0.1) is 24.2 Å². The lowest BCUT2D eigenvalue weighted by Crippen LogP contribution is -2.15. The topological polar surface area (TPSA) is 51.2 Å². The number of aromatic nitrogens is 1. The van der Waals surface area contributed by atoms with E-state index in [1.54, 1.807) is 6.20 Å². The molecule has 1 amide bonds. The zero-order valence-corrected chi connectivity index (χ0v) is 15.3. The molecule has 0 bridgehead atoms. The quantitative estimate of drug-likeness (QED) is 0.502. The van der Waals surface area contributed by atoms with Crippen molar-refractivity contribution in [3.63, 3.8) is 0 Å². The summed E-state index contributed by atoms with van der Waals surface area (Å²) < 4.78 is 5.91. The lowest BCUT2D eigenvalue weighted by atomic mass is 10.1. The van der Waals surface area contributed by atoms with Gasteiger partial charge in [0.1, 0.15) is 5.75 Å². The first-order valence-electron chi connectivity index (χ1n) is 9.22. The highest BCUT2D eigenvalue weighted by Crippen LogP contribution is 2.29. The molecule has 1 N–H and O–H groups in total. The second-order valence-corrected chi connectivity index (χ2v) is 6.39. The fraction of sp³-hybridized carbons (Fsp3) is 0.0833. The highest BCUT2D eigenvalue weighted by Gasteiger charge is 2.09. The fourth-order valence-electron chi connectivity index (χ4n) is 3.12. The molecule has 1 heterocycles. The second-order valence-electron chi connectivity index (χ2n) is 6.39. The van der Waals surface area contributed by atoms with Gasteiger partial charge in [-0.25, -0.2) is 0 Å². The molecule has 4 aromatic rings. The number of anilines is 1. The van der Waals surface area contributed by atoms with Crippen molar-refractivity contribution in [3.8, 4) is 16.9 Å². The standard InChI is InChI=1S/C24H20N2O2/c27-23(26-21-13-6-10-19-11-7-16-25-24(19)21)15-17-28-22-14-5-4-12-20(22)18-8-2-1-3-9-18/h1-14,16H,15,17H2,(H,26,27). The Morgan fingerprint density at radius 1 is 0.857 bits per heavy atom.